The van der Waals surface area contributed by atoms with Crippen LogP contribution in [0.3, 0.4) is 0 Å². The smallest absolute Gasteiger partial charge is 0.350 e. The Morgan fingerprint density at radius 1 is 1.18 bits per heavy atom. The van der Waals surface area contributed by atoms with Gasteiger partial charge in [-0.1, -0.05) is 25.5 Å². The van der Waals surface area contributed by atoms with Gasteiger partial charge in [-0.05, 0) is 71.1 Å². The quantitative estimate of drug-likeness (QED) is 0.614. The van der Waals surface area contributed by atoms with Crippen molar-refractivity contribution in [1.29, 1.82) is 0 Å². The van der Waals surface area contributed by atoms with Crippen molar-refractivity contribution in [3.63, 3.8) is 0 Å². The molecule has 0 bridgehead atoms. The number of aryl methyl sites for hydroxylation is 1. The second-order valence-electron chi connectivity index (χ2n) is 7.93. The van der Waals surface area contributed by atoms with Gasteiger partial charge in [0.05, 0.1) is 17.7 Å². The van der Waals surface area contributed by atoms with Gasteiger partial charge in [0.1, 0.15) is 5.75 Å². The van der Waals surface area contributed by atoms with E-state index in [0.29, 0.717) is 18.8 Å². The van der Waals surface area contributed by atoms with Gasteiger partial charge in [-0.2, -0.15) is 5.10 Å². The molecule has 154 valence electrons. The van der Waals surface area contributed by atoms with Gasteiger partial charge in [-0.25, -0.2) is 10.2 Å². The minimum absolute atomic E-state index is 0.0410. The number of carbonyl (C=O) groups is 2. The Morgan fingerprint density at radius 2 is 1.86 bits per heavy atom. The SMILES string of the molecule is CCCC(C)(Oc1ccc(CCCC2=NNC(=O)C2(C)C)cc1)C(=O)OCC. The van der Waals surface area contributed by atoms with Crippen molar-refractivity contribution in [3.8, 4) is 5.75 Å². The number of hydrazone groups is 1. The zero-order valence-corrected chi connectivity index (χ0v) is 17.6. The van der Waals surface area contributed by atoms with Crippen LogP contribution < -0.4 is 10.2 Å². The second-order valence-corrected chi connectivity index (χ2v) is 7.93. The first-order chi connectivity index (χ1) is 13.2. The maximum Gasteiger partial charge on any atom is 0.350 e. The number of amides is 1. The third-order valence-corrected chi connectivity index (χ3v) is 5.16. The Morgan fingerprint density at radius 3 is 2.39 bits per heavy atom. The highest BCUT2D eigenvalue weighted by Gasteiger charge is 2.38. The lowest BCUT2D eigenvalue weighted by molar-refractivity contribution is -0.161. The molecule has 0 spiro atoms. The number of hydrogen-bond donors (Lipinski definition) is 1. The molecule has 6 nitrogen and oxygen atoms in total. The molecule has 0 saturated heterocycles. The minimum Gasteiger partial charge on any atom is -0.476 e. The Kier molecular flexibility index (Phi) is 7.22. The van der Waals surface area contributed by atoms with E-state index in [-0.39, 0.29) is 11.9 Å². The first-order valence-corrected chi connectivity index (χ1v) is 10.1. The van der Waals surface area contributed by atoms with Crippen molar-refractivity contribution >= 4 is 17.6 Å². The fourth-order valence-electron chi connectivity index (χ4n) is 3.30. The molecule has 1 aromatic carbocycles. The van der Waals surface area contributed by atoms with Gasteiger partial charge < -0.3 is 9.47 Å². The Bertz CT molecular complexity index is 725. The molecule has 0 aliphatic carbocycles. The molecule has 1 aliphatic rings. The normalized spacial score (nSPS) is 17.5. The lowest BCUT2D eigenvalue weighted by Gasteiger charge is -2.28. The molecule has 0 fully saturated rings. The molecule has 2 rings (SSSR count). The van der Waals surface area contributed by atoms with Crippen LogP contribution in [0.15, 0.2) is 29.4 Å². The van der Waals surface area contributed by atoms with Crippen molar-refractivity contribution in [2.45, 2.75) is 72.3 Å². The van der Waals surface area contributed by atoms with E-state index in [1.165, 1.54) is 5.56 Å². The van der Waals surface area contributed by atoms with Crippen LogP contribution in [0.25, 0.3) is 0 Å². The van der Waals surface area contributed by atoms with Crippen LogP contribution in [-0.4, -0.2) is 29.8 Å². The van der Waals surface area contributed by atoms with Gasteiger partial charge in [0, 0.05) is 0 Å². The number of ether oxygens (including phenoxy) is 2. The lowest BCUT2D eigenvalue weighted by Crippen LogP contribution is -2.42. The summed E-state index contributed by atoms with van der Waals surface area (Å²) in [5.74, 6) is 0.286. The largest absolute Gasteiger partial charge is 0.476 e. The third kappa shape index (κ3) is 5.12. The Labute approximate surface area is 167 Å². The highest BCUT2D eigenvalue weighted by Crippen LogP contribution is 2.27. The summed E-state index contributed by atoms with van der Waals surface area (Å²) in [6.45, 7) is 9.73. The van der Waals surface area contributed by atoms with E-state index >= 15 is 0 Å². The average molecular weight is 389 g/mol. The predicted octanol–water partition coefficient (Wildman–Crippen LogP) is 4.02. The molecule has 0 saturated carbocycles. The van der Waals surface area contributed by atoms with Crippen molar-refractivity contribution in [2.24, 2.45) is 10.5 Å². The summed E-state index contributed by atoms with van der Waals surface area (Å²) in [5.41, 5.74) is 3.15. The van der Waals surface area contributed by atoms with Gasteiger partial charge in [0.25, 0.3) is 5.91 Å². The molecule has 1 heterocycles. The summed E-state index contributed by atoms with van der Waals surface area (Å²) < 4.78 is 11.2. The topological polar surface area (TPSA) is 77.0 Å². The number of benzene rings is 1. The highest BCUT2D eigenvalue weighted by atomic mass is 16.6. The van der Waals surface area contributed by atoms with Gasteiger partial charge in [-0.15, -0.1) is 0 Å². The zero-order chi connectivity index (χ0) is 20.8. The van der Waals surface area contributed by atoms with Gasteiger partial charge >= 0.3 is 5.97 Å². The third-order valence-electron chi connectivity index (χ3n) is 5.16. The number of hydrogen-bond acceptors (Lipinski definition) is 5. The zero-order valence-electron chi connectivity index (χ0n) is 17.6. The van der Waals surface area contributed by atoms with E-state index in [4.69, 9.17) is 9.47 Å². The predicted molar refractivity (Wildman–Crippen MR) is 109 cm³/mol. The van der Waals surface area contributed by atoms with Crippen molar-refractivity contribution < 1.29 is 19.1 Å². The molecule has 6 heteroatoms. The lowest BCUT2D eigenvalue weighted by atomic mass is 9.85. The summed E-state index contributed by atoms with van der Waals surface area (Å²) in [7, 11) is 0. The molecule has 1 unspecified atom stereocenters. The van der Waals surface area contributed by atoms with Crippen molar-refractivity contribution in [2.75, 3.05) is 6.61 Å². The summed E-state index contributed by atoms with van der Waals surface area (Å²) in [5, 5.41) is 4.16. The number of esters is 1. The van der Waals surface area contributed by atoms with Crippen LogP contribution in [0.1, 0.15) is 65.9 Å². The Balaban J connectivity index is 1.92. The van der Waals surface area contributed by atoms with E-state index in [0.717, 1.165) is 31.4 Å². The van der Waals surface area contributed by atoms with E-state index in [9.17, 15) is 9.59 Å². The molecule has 28 heavy (non-hydrogen) atoms. The highest BCUT2D eigenvalue weighted by molar-refractivity contribution is 6.11. The minimum atomic E-state index is -0.974. The Hall–Kier alpha value is -2.37. The van der Waals surface area contributed by atoms with Crippen LogP contribution >= 0.6 is 0 Å². The van der Waals surface area contributed by atoms with Gasteiger partial charge in [0.2, 0.25) is 5.60 Å². The molecule has 1 N–H and O–H groups in total. The van der Waals surface area contributed by atoms with Crippen LogP contribution in [0.4, 0.5) is 0 Å². The van der Waals surface area contributed by atoms with E-state index in [1.54, 1.807) is 13.8 Å². The van der Waals surface area contributed by atoms with E-state index in [1.807, 2.05) is 45.0 Å². The number of nitrogens with zero attached hydrogens (tertiary/aromatic N) is 1. The standard InChI is InChI=1S/C22H32N2O4/c1-6-15-22(5,20(26)27-7-2)28-17-13-11-16(12-14-17)9-8-10-18-21(3,4)19(25)24-23-18/h11-14H,6-10,15H2,1-5H3,(H,24,25). The summed E-state index contributed by atoms with van der Waals surface area (Å²) in [4.78, 5) is 24.0. The van der Waals surface area contributed by atoms with Gasteiger partial charge in [0.15, 0.2) is 0 Å². The van der Waals surface area contributed by atoms with E-state index < -0.39 is 11.0 Å². The molecular weight excluding hydrogens is 356 g/mol. The fraction of sp³-hybridized carbons (Fsp3) is 0.591. The first kappa shape index (κ1) is 21.9. The van der Waals surface area contributed by atoms with Crippen molar-refractivity contribution in [3.05, 3.63) is 29.8 Å². The molecule has 0 aromatic heterocycles. The molecular formula is C22H32N2O4. The van der Waals surface area contributed by atoms with Gasteiger partial charge in [-0.3, -0.25) is 4.79 Å². The maximum atomic E-state index is 12.3. The van der Waals surface area contributed by atoms with Crippen LogP contribution in [0, 0.1) is 5.41 Å². The molecule has 1 amide bonds. The molecule has 0 radical (unpaired) electrons. The number of carbonyl (C=O) groups excluding carboxylic acids is 2. The summed E-state index contributed by atoms with van der Waals surface area (Å²) in [6.07, 6.45) is 3.99. The second kappa shape index (κ2) is 9.22. The van der Waals surface area contributed by atoms with Crippen LogP contribution in [-0.2, 0) is 20.7 Å². The molecule has 1 aliphatic heterocycles. The maximum absolute atomic E-state index is 12.3. The first-order valence-electron chi connectivity index (χ1n) is 10.1. The van der Waals surface area contributed by atoms with Crippen molar-refractivity contribution in [1.82, 2.24) is 5.43 Å². The number of nitrogens with one attached hydrogen (secondary N) is 1. The fourth-order valence-corrected chi connectivity index (χ4v) is 3.30. The summed E-state index contributed by atoms with van der Waals surface area (Å²) >= 11 is 0. The summed E-state index contributed by atoms with van der Waals surface area (Å²) in [6, 6.07) is 7.81. The van der Waals surface area contributed by atoms with Crippen LogP contribution in [0.2, 0.25) is 0 Å². The molecule has 1 atom stereocenters. The monoisotopic (exact) mass is 388 g/mol. The van der Waals surface area contributed by atoms with Crippen LogP contribution in [0.5, 0.6) is 5.75 Å². The average Bonchev–Trinajstić information content (AvgIpc) is 2.90. The molecule has 1 aromatic rings. The number of rotatable bonds is 10. The van der Waals surface area contributed by atoms with E-state index in [2.05, 4.69) is 10.5 Å².